The van der Waals surface area contributed by atoms with Gasteiger partial charge in [0, 0.05) is 5.56 Å². The lowest BCUT2D eigenvalue weighted by Gasteiger charge is -2.12. The third kappa shape index (κ3) is 5.11. The second kappa shape index (κ2) is 9.27. The Labute approximate surface area is 152 Å². The summed E-state index contributed by atoms with van der Waals surface area (Å²) < 4.78 is 11.0. The summed E-state index contributed by atoms with van der Waals surface area (Å²) in [5, 5.41) is 11.8. The highest BCUT2D eigenvalue weighted by molar-refractivity contribution is 6.02. The zero-order chi connectivity index (χ0) is 18.9. The fourth-order valence-electron chi connectivity index (χ4n) is 2.26. The van der Waals surface area contributed by atoms with Gasteiger partial charge >= 0.3 is 5.97 Å². The topological polar surface area (TPSA) is 84.9 Å². The lowest BCUT2D eigenvalue weighted by Crippen LogP contribution is -2.27. The molecule has 0 saturated heterocycles. The number of amides is 1. The number of aliphatic carboxylic acids is 1. The number of carbonyl (C=O) groups is 2. The third-order valence-electron chi connectivity index (χ3n) is 3.39. The van der Waals surface area contributed by atoms with Crippen LogP contribution in [-0.2, 0) is 4.79 Å². The van der Waals surface area contributed by atoms with Crippen LogP contribution in [0.4, 0.5) is 0 Å². The summed E-state index contributed by atoms with van der Waals surface area (Å²) in [6.07, 6.45) is 1.38. The van der Waals surface area contributed by atoms with Crippen LogP contribution < -0.4 is 14.8 Å². The van der Waals surface area contributed by atoms with Crippen molar-refractivity contribution in [3.8, 4) is 11.5 Å². The molecule has 0 atom stereocenters. The number of benzene rings is 2. The van der Waals surface area contributed by atoms with Crippen molar-refractivity contribution in [1.29, 1.82) is 0 Å². The van der Waals surface area contributed by atoms with Gasteiger partial charge in [0.2, 0.25) is 0 Å². The number of ether oxygens (including phenoxy) is 2. The van der Waals surface area contributed by atoms with E-state index < -0.39 is 11.9 Å². The van der Waals surface area contributed by atoms with Crippen molar-refractivity contribution in [2.45, 2.75) is 13.8 Å². The largest absolute Gasteiger partial charge is 0.490 e. The average molecular weight is 355 g/mol. The smallest absolute Gasteiger partial charge is 0.352 e. The van der Waals surface area contributed by atoms with Gasteiger partial charge in [-0.15, -0.1) is 0 Å². The lowest BCUT2D eigenvalue weighted by molar-refractivity contribution is -0.132. The van der Waals surface area contributed by atoms with Gasteiger partial charge in [-0.1, -0.05) is 24.3 Å². The van der Waals surface area contributed by atoms with E-state index in [0.717, 1.165) is 0 Å². The Bertz CT molecular complexity index is 799. The van der Waals surface area contributed by atoms with Crippen molar-refractivity contribution in [2.24, 2.45) is 0 Å². The van der Waals surface area contributed by atoms with Crippen molar-refractivity contribution in [1.82, 2.24) is 5.32 Å². The van der Waals surface area contributed by atoms with E-state index in [1.165, 1.54) is 6.08 Å². The van der Waals surface area contributed by atoms with Crippen molar-refractivity contribution in [3.63, 3.8) is 0 Å². The Hall–Kier alpha value is -3.28. The van der Waals surface area contributed by atoms with Gasteiger partial charge in [0.15, 0.2) is 11.5 Å². The minimum Gasteiger partial charge on any atom is -0.490 e. The van der Waals surface area contributed by atoms with Gasteiger partial charge < -0.3 is 19.9 Å². The van der Waals surface area contributed by atoms with E-state index in [0.29, 0.717) is 35.8 Å². The van der Waals surface area contributed by atoms with Gasteiger partial charge in [0.05, 0.1) is 13.2 Å². The number of carboxylic acids is 1. The van der Waals surface area contributed by atoms with E-state index in [-0.39, 0.29) is 5.70 Å². The molecule has 0 heterocycles. The van der Waals surface area contributed by atoms with E-state index in [2.05, 4.69) is 5.32 Å². The first kappa shape index (κ1) is 19.1. The first-order valence-electron chi connectivity index (χ1n) is 8.26. The number of nitrogens with one attached hydrogen (secondary N) is 1. The second-order valence-electron chi connectivity index (χ2n) is 5.26. The molecule has 0 bridgehead atoms. The molecule has 1 amide bonds. The van der Waals surface area contributed by atoms with E-state index in [4.69, 9.17) is 9.47 Å². The number of carbonyl (C=O) groups excluding carboxylic acids is 1. The van der Waals surface area contributed by atoms with Crippen LogP contribution in [0.15, 0.2) is 54.2 Å². The van der Waals surface area contributed by atoms with Gasteiger partial charge in [-0.3, -0.25) is 4.79 Å². The number of carboxylic acid groups (broad SMARTS) is 1. The maximum atomic E-state index is 12.2. The van der Waals surface area contributed by atoms with Crippen molar-refractivity contribution < 1.29 is 24.2 Å². The fourth-order valence-corrected chi connectivity index (χ4v) is 2.26. The second-order valence-corrected chi connectivity index (χ2v) is 5.26. The van der Waals surface area contributed by atoms with Crippen LogP contribution in [-0.4, -0.2) is 30.2 Å². The first-order valence-corrected chi connectivity index (χ1v) is 8.26. The van der Waals surface area contributed by atoms with Crippen LogP contribution in [0.5, 0.6) is 11.5 Å². The summed E-state index contributed by atoms with van der Waals surface area (Å²) in [6, 6.07) is 13.5. The summed E-state index contributed by atoms with van der Waals surface area (Å²) in [5.41, 5.74) is 0.717. The molecule has 0 unspecified atom stereocenters. The van der Waals surface area contributed by atoms with Gasteiger partial charge in [0.1, 0.15) is 5.70 Å². The molecule has 26 heavy (non-hydrogen) atoms. The quantitative estimate of drug-likeness (QED) is 0.710. The zero-order valence-corrected chi connectivity index (χ0v) is 14.7. The maximum absolute atomic E-state index is 12.2. The molecule has 0 aliphatic heterocycles. The first-order chi connectivity index (χ1) is 12.5. The molecule has 2 N–H and O–H groups in total. The summed E-state index contributed by atoms with van der Waals surface area (Å²) in [5.74, 6) is -0.629. The molecular formula is C20H21NO5. The Morgan fingerprint density at radius 3 is 2.27 bits per heavy atom. The zero-order valence-electron chi connectivity index (χ0n) is 14.7. The monoisotopic (exact) mass is 355 g/mol. The molecule has 2 rings (SSSR count). The normalized spacial score (nSPS) is 10.9. The Morgan fingerprint density at radius 1 is 1.00 bits per heavy atom. The minimum atomic E-state index is -1.24. The fraction of sp³-hybridized carbons (Fsp3) is 0.200. The SMILES string of the molecule is CCOc1ccc(/C=C(/NC(=O)c2ccccc2)C(=O)O)cc1OCC. The Kier molecular flexibility index (Phi) is 6.79. The average Bonchev–Trinajstić information content (AvgIpc) is 2.64. The van der Waals surface area contributed by atoms with Crippen LogP contribution in [0.2, 0.25) is 0 Å². The third-order valence-corrected chi connectivity index (χ3v) is 3.39. The Balaban J connectivity index is 2.29. The summed E-state index contributed by atoms with van der Waals surface area (Å²) in [6.45, 7) is 4.65. The van der Waals surface area contributed by atoms with Gasteiger partial charge in [-0.05, 0) is 49.8 Å². The van der Waals surface area contributed by atoms with Crippen molar-refractivity contribution in [2.75, 3.05) is 13.2 Å². The molecule has 136 valence electrons. The Morgan fingerprint density at radius 2 is 1.65 bits per heavy atom. The molecule has 2 aromatic rings. The van der Waals surface area contributed by atoms with Gasteiger partial charge in [-0.25, -0.2) is 4.79 Å². The molecule has 0 spiro atoms. The molecule has 2 aromatic carbocycles. The van der Waals surface area contributed by atoms with E-state index in [1.54, 1.807) is 48.5 Å². The van der Waals surface area contributed by atoms with Crippen LogP contribution in [0, 0.1) is 0 Å². The van der Waals surface area contributed by atoms with Crippen LogP contribution in [0.25, 0.3) is 6.08 Å². The highest BCUT2D eigenvalue weighted by Crippen LogP contribution is 2.29. The van der Waals surface area contributed by atoms with Crippen molar-refractivity contribution in [3.05, 3.63) is 65.4 Å². The number of rotatable bonds is 8. The van der Waals surface area contributed by atoms with Crippen LogP contribution in [0.1, 0.15) is 29.8 Å². The molecule has 6 heteroatoms. The summed E-state index contributed by atoms with van der Waals surface area (Å²) >= 11 is 0. The van der Waals surface area contributed by atoms with E-state index >= 15 is 0 Å². The number of hydrogen-bond donors (Lipinski definition) is 2. The standard InChI is InChI=1S/C20H21NO5/c1-3-25-17-11-10-14(13-18(17)26-4-2)12-16(20(23)24)21-19(22)15-8-6-5-7-9-15/h5-13H,3-4H2,1-2H3,(H,21,22)(H,23,24)/b16-12+. The number of hydrogen-bond acceptors (Lipinski definition) is 4. The van der Waals surface area contributed by atoms with Gasteiger partial charge in [0.25, 0.3) is 5.91 Å². The highest BCUT2D eigenvalue weighted by atomic mass is 16.5. The minimum absolute atomic E-state index is 0.231. The predicted octanol–water partition coefficient (Wildman–Crippen LogP) is 3.34. The molecule has 0 fully saturated rings. The lowest BCUT2D eigenvalue weighted by atomic mass is 10.1. The molecule has 6 nitrogen and oxygen atoms in total. The van der Waals surface area contributed by atoms with Crippen molar-refractivity contribution >= 4 is 18.0 Å². The molecule has 0 aliphatic rings. The maximum Gasteiger partial charge on any atom is 0.352 e. The molecule has 0 radical (unpaired) electrons. The summed E-state index contributed by atoms with van der Waals surface area (Å²) in [7, 11) is 0. The summed E-state index contributed by atoms with van der Waals surface area (Å²) in [4.78, 5) is 23.7. The van der Waals surface area contributed by atoms with E-state index in [1.807, 2.05) is 13.8 Å². The van der Waals surface area contributed by atoms with Crippen LogP contribution in [0.3, 0.4) is 0 Å². The molecular weight excluding hydrogens is 334 g/mol. The van der Waals surface area contributed by atoms with E-state index in [9.17, 15) is 14.7 Å². The highest BCUT2D eigenvalue weighted by Gasteiger charge is 2.14. The molecule has 0 aliphatic carbocycles. The van der Waals surface area contributed by atoms with Crippen LogP contribution >= 0.6 is 0 Å². The molecule has 0 saturated carbocycles. The predicted molar refractivity (Wildman–Crippen MR) is 98.3 cm³/mol. The van der Waals surface area contributed by atoms with Gasteiger partial charge in [-0.2, -0.15) is 0 Å². The molecule has 0 aromatic heterocycles.